The van der Waals surface area contributed by atoms with Crippen molar-refractivity contribution in [2.24, 2.45) is 0 Å². The Balaban J connectivity index is 2.70. The van der Waals surface area contributed by atoms with Crippen molar-refractivity contribution in [3.05, 3.63) is 29.8 Å². The van der Waals surface area contributed by atoms with Crippen LogP contribution in [0.25, 0.3) is 0 Å². The molecule has 0 saturated carbocycles. The average molecular weight is 258 g/mol. The molecule has 0 unspecified atom stereocenters. The van der Waals surface area contributed by atoms with E-state index in [4.69, 9.17) is 6.42 Å². The second-order valence-electron chi connectivity index (χ2n) is 4.19. The summed E-state index contributed by atoms with van der Waals surface area (Å²) in [5, 5.41) is 2.76. The molecule has 0 atom stereocenters. The highest BCUT2D eigenvalue weighted by Crippen LogP contribution is 2.11. The topological polar surface area (TPSA) is 49.4 Å². The predicted octanol–water partition coefficient (Wildman–Crippen LogP) is 2.77. The number of terminal acetylenes is 1. The van der Waals surface area contributed by atoms with E-state index in [1.807, 2.05) is 6.92 Å². The van der Waals surface area contributed by atoms with Crippen molar-refractivity contribution in [3.8, 4) is 12.3 Å². The summed E-state index contributed by atoms with van der Waals surface area (Å²) >= 11 is 0. The molecule has 0 aliphatic rings. The number of rotatable bonds is 5. The largest absolute Gasteiger partial charge is 0.322 e. The lowest BCUT2D eigenvalue weighted by molar-refractivity contribution is 0.101. The van der Waals surface area contributed by atoms with Crippen LogP contribution in [0.2, 0.25) is 0 Å². The van der Waals surface area contributed by atoms with Gasteiger partial charge in [0.15, 0.2) is 5.78 Å². The molecule has 1 rings (SSSR count). The molecule has 2 amide bonds. The van der Waals surface area contributed by atoms with Crippen molar-refractivity contribution in [2.75, 3.05) is 18.4 Å². The summed E-state index contributed by atoms with van der Waals surface area (Å²) in [5.41, 5.74) is 1.26. The van der Waals surface area contributed by atoms with Crippen LogP contribution in [0.5, 0.6) is 0 Å². The molecular weight excluding hydrogens is 240 g/mol. The quantitative estimate of drug-likeness (QED) is 0.652. The second-order valence-corrected chi connectivity index (χ2v) is 4.19. The Morgan fingerprint density at radius 1 is 1.32 bits per heavy atom. The smallest absolute Gasteiger partial charge is 0.313 e. The van der Waals surface area contributed by atoms with Gasteiger partial charge in [0.1, 0.15) is 0 Å². The third kappa shape index (κ3) is 4.47. The molecule has 0 radical (unpaired) electrons. The molecule has 0 bridgehead atoms. The number of urea groups is 1. The van der Waals surface area contributed by atoms with Crippen LogP contribution in [0, 0.1) is 12.3 Å². The molecule has 100 valence electrons. The van der Waals surface area contributed by atoms with Gasteiger partial charge in [0.05, 0.1) is 6.54 Å². The number of benzene rings is 1. The Labute approximate surface area is 113 Å². The fourth-order valence-corrected chi connectivity index (χ4v) is 1.62. The third-order valence-corrected chi connectivity index (χ3v) is 2.61. The van der Waals surface area contributed by atoms with Crippen LogP contribution in [0.1, 0.15) is 30.6 Å². The predicted molar refractivity (Wildman–Crippen MR) is 76.2 cm³/mol. The zero-order chi connectivity index (χ0) is 14.3. The lowest BCUT2D eigenvalue weighted by atomic mass is 10.1. The number of hydrogen-bond donors (Lipinski definition) is 1. The maximum absolute atomic E-state index is 12.0. The number of ketones is 1. The van der Waals surface area contributed by atoms with Gasteiger partial charge >= 0.3 is 6.03 Å². The highest BCUT2D eigenvalue weighted by Gasteiger charge is 2.11. The number of carbonyl (C=O) groups is 2. The molecule has 4 nitrogen and oxygen atoms in total. The monoisotopic (exact) mass is 258 g/mol. The summed E-state index contributed by atoms with van der Waals surface area (Å²) in [6, 6.07) is 6.55. The number of anilines is 1. The van der Waals surface area contributed by atoms with E-state index in [2.05, 4.69) is 11.2 Å². The van der Waals surface area contributed by atoms with Gasteiger partial charge in [0.2, 0.25) is 0 Å². The first-order valence-electron chi connectivity index (χ1n) is 6.19. The first kappa shape index (κ1) is 14.8. The van der Waals surface area contributed by atoms with E-state index < -0.39 is 0 Å². The zero-order valence-electron chi connectivity index (χ0n) is 11.3. The van der Waals surface area contributed by atoms with E-state index in [-0.39, 0.29) is 18.4 Å². The van der Waals surface area contributed by atoms with Crippen molar-refractivity contribution in [1.29, 1.82) is 0 Å². The molecule has 4 heteroatoms. The highest BCUT2D eigenvalue weighted by atomic mass is 16.2. The van der Waals surface area contributed by atoms with E-state index >= 15 is 0 Å². The number of nitrogens with zero attached hydrogens (tertiary/aromatic N) is 1. The van der Waals surface area contributed by atoms with E-state index in [1.165, 1.54) is 6.92 Å². The summed E-state index contributed by atoms with van der Waals surface area (Å²) in [4.78, 5) is 24.7. The summed E-state index contributed by atoms with van der Waals surface area (Å²) in [6.45, 7) is 4.38. The average Bonchev–Trinajstić information content (AvgIpc) is 2.39. The maximum atomic E-state index is 12.0. The van der Waals surface area contributed by atoms with Crippen LogP contribution < -0.4 is 5.32 Å². The molecule has 0 aliphatic carbocycles. The Hall–Kier alpha value is -2.28. The molecule has 19 heavy (non-hydrogen) atoms. The van der Waals surface area contributed by atoms with Gasteiger partial charge < -0.3 is 10.2 Å². The van der Waals surface area contributed by atoms with Crippen LogP contribution in [0.3, 0.4) is 0 Å². The van der Waals surface area contributed by atoms with Gasteiger partial charge in [-0.15, -0.1) is 6.42 Å². The van der Waals surface area contributed by atoms with Gasteiger partial charge in [-0.25, -0.2) is 4.79 Å². The SMILES string of the molecule is C#CCN(CCC)C(=O)Nc1ccc(C(C)=O)cc1. The minimum atomic E-state index is -0.227. The molecule has 0 fully saturated rings. The van der Waals surface area contributed by atoms with E-state index in [0.29, 0.717) is 17.8 Å². The Bertz CT molecular complexity index is 486. The molecule has 1 aromatic rings. The number of Topliss-reactive ketones (excluding diaryl/α,β-unsaturated/α-hetero) is 1. The van der Waals surface area contributed by atoms with Crippen molar-refractivity contribution < 1.29 is 9.59 Å². The minimum absolute atomic E-state index is 0.00202. The normalized spacial score (nSPS) is 9.53. The molecule has 0 spiro atoms. The first-order valence-corrected chi connectivity index (χ1v) is 6.19. The Morgan fingerprint density at radius 2 is 1.95 bits per heavy atom. The summed E-state index contributed by atoms with van der Waals surface area (Å²) in [7, 11) is 0. The lowest BCUT2D eigenvalue weighted by Crippen LogP contribution is -2.35. The van der Waals surface area contributed by atoms with Gasteiger partial charge in [-0.2, -0.15) is 0 Å². The Morgan fingerprint density at radius 3 is 2.42 bits per heavy atom. The number of carbonyl (C=O) groups excluding carboxylic acids is 2. The summed E-state index contributed by atoms with van der Waals surface area (Å²) in [6.07, 6.45) is 6.08. The van der Waals surface area contributed by atoms with Gasteiger partial charge in [0.25, 0.3) is 0 Å². The van der Waals surface area contributed by atoms with Crippen LogP contribution >= 0.6 is 0 Å². The van der Waals surface area contributed by atoms with Crippen molar-refractivity contribution in [1.82, 2.24) is 4.90 Å². The maximum Gasteiger partial charge on any atom is 0.322 e. The molecule has 0 aromatic heterocycles. The summed E-state index contributed by atoms with van der Waals surface area (Å²) < 4.78 is 0. The summed E-state index contributed by atoms with van der Waals surface area (Å²) in [5.74, 6) is 2.46. The van der Waals surface area contributed by atoms with Gasteiger partial charge in [-0.05, 0) is 37.6 Å². The lowest BCUT2D eigenvalue weighted by Gasteiger charge is -2.20. The van der Waals surface area contributed by atoms with Crippen molar-refractivity contribution >= 4 is 17.5 Å². The van der Waals surface area contributed by atoms with Crippen LogP contribution in [-0.2, 0) is 0 Å². The van der Waals surface area contributed by atoms with E-state index in [1.54, 1.807) is 29.2 Å². The standard InChI is InChI=1S/C15H18N2O2/c1-4-10-17(11-5-2)15(19)16-14-8-6-13(7-9-14)12(3)18/h1,6-9H,5,10-11H2,2-3H3,(H,16,19). The fraction of sp³-hybridized carbons (Fsp3) is 0.333. The van der Waals surface area contributed by atoms with Gasteiger partial charge in [0, 0.05) is 17.8 Å². The van der Waals surface area contributed by atoms with Gasteiger partial charge in [-0.3, -0.25) is 4.79 Å². The van der Waals surface area contributed by atoms with Crippen LogP contribution in [0.15, 0.2) is 24.3 Å². The molecule has 1 N–H and O–H groups in total. The van der Waals surface area contributed by atoms with Crippen LogP contribution in [0.4, 0.5) is 10.5 Å². The highest BCUT2D eigenvalue weighted by molar-refractivity contribution is 5.95. The molecule has 1 aromatic carbocycles. The molecular formula is C15H18N2O2. The second kappa shape index (κ2) is 7.22. The molecule has 0 aliphatic heterocycles. The number of amides is 2. The van der Waals surface area contributed by atoms with Crippen molar-refractivity contribution in [3.63, 3.8) is 0 Å². The minimum Gasteiger partial charge on any atom is -0.313 e. The Kier molecular flexibility index (Phi) is 5.62. The first-order chi connectivity index (χ1) is 9.08. The van der Waals surface area contributed by atoms with Crippen LogP contribution in [-0.4, -0.2) is 29.8 Å². The van der Waals surface area contributed by atoms with E-state index in [0.717, 1.165) is 6.42 Å². The zero-order valence-corrected chi connectivity index (χ0v) is 11.3. The third-order valence-electron chi connectivity index (χ3n) is 2.61. The van der Waals surface area contributed by atoms with Gasteiger partial charge in [-0.1, -0.05) is 12.8 Å². The number of hydrogen-bond acceptors (Lipinski definition) is 2. The van der Waals surface area contributed by atoms with Crippen molar-refractivity contribution in [2.45, 2.75) is 20.3 Å². The molecule has 0 saturated heterocycles. The fourth-order valence-electron chi connectivity index (χ4n) is 1.62. The number of nitrogens with one attached hydrogen (secondary N) is 1. The molecule has 0 heterocycles. The van der Waals surface area contributed by atoms with E-state index in [9.17, 15) is 9.59 Å².